The van der Waals surface area contributed by atoms with E-state index in [1.165, 1.54) is 4.90 Å². The molecule has 8 heteroatoms. The van der Waals surface area contributed by atoms with Crippen LogP contribution in [0.15, 0.2) is 84.9 Å². The fraction of sp³-hybridized carbons (Fsp3) is 0.300. The van der Waals surface area contributed by atoms with Crippen molar-refractivity contribution in [2.24, 2.45) is 0 Å². The number of anilines is 1. The van der Waals surface area contributed by atoms with Crippen LogP contribution < -0.4 is 15.0 Å². The number of nitrogens with one attached hydrogen (secondary N) is 1. The van der Waals surface area contributed by atoms with E-state index >= 15 is 0 Å². The molecule has 0 radical (unpaired) electrons. The number of nitrogens with zero attached hydrogens (tertiary/aromatic N) is 1. The van der Waals surface area contributed by atoms with Gasteiger partial charge in [-0.05, 0) is 43.0 Å². The molecule has 0 bridgehead atoms. The van der Waals surface area contributed by atoms with Gasteiger partial charge in [-0.1, -0.05) is 72.8 Å². The van der Waals surface area contributed by atoms with Crippen molar-refractivity contribution >= 4 is 23.5 Å². The molecule has 3 aromatic rings. The van der Waals surface area contributed by atoms with Crippen LogP contribution in [-0.2, 0) is 36.9 Å². The van der Waals surface area contributed by atoms with Gasteiger partial charge in [0.15, 0.2) is 0 Å². The zero-order valence-electron chi connectivity index (χ0n) is 21.4. The van der Waals surface area contributed by atoms with Crippen LogP contribution in [0.4, 0.5) is 5.69 Å². The van der Waals surface area contributed by atoms with Gasteiger partial charge in [0.2, 0.25) is 5.91 Å². The summed E-state index contributed by atoms with van der Waals surface area (Å²) in [4.78, 5) is 40.7. The molecule has 3 aromatic carbocycles. The summed E-state index contributed by atoms with van der Waals surface area (Å²) in [6, 6.07) is 24.5. The Morgan fingerprint density at radius 2 is 1.61 bits per heavy atom. The van der Waals surface area contributed by atoms with Gasteiger partial charge in [-0.3, -0.25) is 24.6 Å². The highest BCUT2D eigenvalue weighted by Crippen LogP contribution is 2.31. The van der Waals surface area contributed by atoms with Crippen LogP contribution >= 0.6 is 0 Å². The maximum atomic E-state index is 13.7. The third-order valence-corrected chi connectivity index (χ3v) is 6.19. The van der Waals surface area contributed by atoms with Gasteiger partial charge in [0.05, 0.1) is 12.3 Å². The van der Waals surface area contributed by atoms with Crippen LogP contribution in [0.1, 0.15) is 24.5 Å². The molecule has 0 saturated heterocycles. The van der Waals surface area contributed by atoms with Crippen molar-refractivity contribution < 1.29 is 28.6 Å². The summed E-state index contributed by atoms with van der Waals surface area (Å²) in [6.45, 7) is 1.77. The fourth-order valence-electron chi connectivity index (χ4n) is 4.26. The van der Waals surface area contributed by atoms with E-state index in [4.69, 9.17) is 14.2 Å². The maximum absolute atomic E-state index is 13.7. The molecule has 198 valence electrons. The average Bonchev–Trinajstić information content (AvgIpc) is 3.07. The number of rotatable bonds is 11. The number of aryl methyl sites for hydroxylation is 1. The van der Waals surface area contributed by atoms with E-state index in [-0.39, 0.29) is 32.3 Å². The molecule has 1 amide bonds. The molecule has 8 nitrogen and oxygen atoms in total. The summed E-state index contributed by atoms with van der Waals surface area (Å²) in [6.07, 6.45) is 1.05. The number of carbonyl (C=O) groups excluding carboxylic acids is 3. The molecule has 1 N–H and O–H groups in total. The number of amides is 1. The van der Waals surface area contributed by atoms with Crippen LogP contribution in [-0.4, -0.2) is 49.7 Å². The zero-order chi connectivity index (χ0) is 26.7. The highest BCUT2D eigenvalue weighted by atomic mass is 16.5. The number of hydrogen-bond donors (Lipinski definition) is 1. The standard InChI is InChI=1S/C30H32N2O6/c1-2-36-30(35)24(18-17-22-11-5-3-6-12-22)31-25-21-37-27-16-10-9-15-26(27)32(29(25)34)19-28(33)38-20-23-13-7-4-8-14-23/h3-16,24-25,31H,2,17-21H2,1H3/t24-,25+/m1/s1. The van der Waals surface area contributed by atoms with Crippen LogP contribution in [0.5, 0.6) is 5.75 Å². The van der Waals surface area contributed by atoms with Crippen molar-refractivity contribution in [2.75, 3.05) is 24.7 Å². The van der Waals surface area contributed by atoms with Gasteiger partial charge < -0.3 is 14.2 Å². The second-order valence-electron chi connectivity index (χ2n) is 8.90. The Bertz CT molecular complexity index is 1220. The van der Waals surface area contributed by atoms with Crippen molar-refractivity contribution in [1.82, 2.24) is 5.32 Å². The summed E-state index contributed by atoms with van der Waals surface area (Å²) < 4.78 is 16.7. The van der Waals surface area contributed by atoms with E-state index in [1.54, 1.807) is 31.2 Å². The number of carbonyl (C=O) groups is 3. The van der Waals surface area contributed by atoms with Gasteiger partial charge >= 0.3 is 11.9 Å². The average molecular weight is 517 g/mol. The Hall–Kier alpha value is -4.17. The molecular weight excluding hydrogens is 484 g/mol. The number of hydrogen-bond acceptors (Lipinski definition) is 7. The second-order valence-corrected chi connectivity index (χ2v) is 8.90. The number of para-hydroxylation sites is 2. The lowest BCUT2D eigenvalue weighted by atomic mass is 10.0. The molecule has 2 atom stereocenters. The first-order valence-electron chi connectivity index (χ1n) is 12.7. The summed E-state index contributed by atoms with van der Waals surface area (Å²) >= 11 is 0. The molecule has 38 heavy (non-hydrogen) atoms. The van der Waals surface area contributed by atoms with E-state index in [9.17, 15) is 14.4 Å². The van der Waals surface area contributed by atoms with Crippen molar-refractivity contribution in [3.63, 3.8) is 0 Å². The molecule has 0 unspecified atom stereocenters. The largest absolute Gasteiger partial charge is 0.489 e. The Morgan fingerprint density at radius 1 is 0.947 bits per heavy atom. The SMILES string of the molecule is CCOC(=O)[C@@H](CCc1ccccc1)N[C@H]1COc2ccccc2N(CC(=O)OCc2ccccc2)C1=O. The fourth-order valence-corrected chi connectivity index (χ4v) is 4.26. The van der Waals surface area contributed by atoms with Gasteiger partial charge in [0.25, 0.3) is 0 Å². The third-order valence-electron chi connectivity index (χ3n) is 6.19. The molecule has 1 aliphatic heterocycles. The lowest BCUT2D eigenvalue weighted by Crippen LogP contribution is -2.55. The molecule has 4 rings (SSSR count). The van der Waals surface area contributed by atoms with Crippen LogP contribution in [0, 0.1) is 0 Å². The summed E-state index contributed by atoms with van der Waals surface area (Å²) in [5.41, 5.74) is 2.39. The minimum atomic E-state index is -0.880. The van der Waals surface area contributed by atoms with Gasteiger partial charge in [-0.15, -0.1) is 0 Å². The smallest absolute Gasteiger partial charge is 0.326 e. The number of fused-ring (bicyclic) bond motifs is 1. The van der Waals surface area contributed by atoms with Crippen LogP contribution in [0.25, 0.3) is 0 Å². The van der Waals surface area contributed by atoms with Gasteiger partial charge in [0.1, 0.15) is 37.6 Å². The monoisotopic (exact) mass is 516 g/mol. The van der Waals surface area contributed by atoms with Crippen LogP contribution in [0.3, 0.4) is 0 Å². The topological polar surface area (TPSA) is 94.2 Å². The van der Waals surface area contributed by atoms with Crippen molar-refractivity contribution in [3.8, 4) is 5.75 Å². The Kier molecular flexibility index (Phi) is 9.48. The first-order valence-corrected chi connectivity index (χ1v) is 12.7. The van der Waals surface area contributed by atoms with E-state index in [0.29, 0.717) is 24.3 Å². The third kappa shape index (κ3) is 7.20. The van der Waals surface area contributed by atoms with Gasteiger partial charge in [-0.25, -0.2) is 0 Å². The molecule has 1 aliphatic rings. The predicted octanol–water partition coefficient (Wildman–Crippen LogP) is 3.68. The molecule has 0 aliphatic carbocycles. The summed E-state index contributed by atoms with van der Waals surface area (Å²) in [5.74, 6) is -0.908. The minimum Gasteiger partial charge on any atom is -0.489 e. The molecular formula is C30H32N2O6. The van der Waals surface area contributed by atoms with Crippen LogP contribution in [0.2, 0.25) is 0 Å². The van der Waals surface area contributed by atoms with Crippen molar-refractivity contribution in [1.29, 1.82) is 0 Å². The second kappa shape index (κ2) is 13.4. The van der Waals surface area contributed by atoms with E-state index < -0.39 is 24.0 Å². The van der Waals surface area contributed by atoms with Crippen molar-refractivity contribution in [2.45, 2.75) is 38.5 Å². The van der Waals surface area contributed by atoms with E-state index in [0.717, 1.165) is 11.1 Å². The van der Waals surface area contributed by atoms with Gasteiger partial charge in [0, 0.05) is 0 Å². The van der Waals surface area contributed by atoms with E-state index in [2.05, 4.69) is 5.32 Å². The number of ether oxygens (including phenoxy) is 3. The quantitative estimate of drug-likeness (QED) is 0.389. The highest BCUT2D eigenvalue weighted by molar-refractivity contribution is 6.02. The summed E-state index contributed by atoms with van der Waals surface area (Å²) in [7, 11) is 0. The number of esters is 2. The Labute approximate surface area is 222 Å². The summed E-state index contributed by atoms with van der Waals surface area (Å²) in [5, 5.41) is 3.15. The lowest BCUT2D eigenvalue weighted by molar-refractivity contribution is -0.147. The molecule has 0 saturated carbocycles. The molecule has 1 heterocycles. The lowest BCUT2D eigenvalue weighted by Gasteiger charge is -2.26. The molecule has 0 spiro atoms. The highest BCUT2D eigenvalue weighted by Gasteiger charge is 2.35. The Morgan fingerprint density at radius 3 is 2.32 bits per heavy atom. The molecule has 0 fully saturated rings. The van der Waals surface area contributed by atoms with Gasteiger partial charge in [-0.2, -0.15) is 0 Å². The first-order chi connectivity index (χ1) is 18.5. The van der Waals surface area contributed by atoms with E-state index in [1.807, 2.05) is 60.7 Å². The predicted molar refractivity (Wildman–Crippen MR) is 143 cm³/mol. The number of benzene rings is 3. The van der Waals surface area contributed by atoms with Crippen molar-refractivity contribution in [3.05, 3.63) is 96.1 Å². The normalized spacial score (nSPS) is 15.6. The minimum absolute atomic E-state index is 0.00729. The first kappa shape index (κ1) is 26.9. The zero-order valence-corrected chi connectivity index (χ0v) is 21.4. The maximum Gasteiger partial charge on any atom is 0.326 e. The molecule has 0 aromatic heterocycles. The Balaban J connectivity index is 1.49.